The minimum absolute atomic E-state index is 0.758. The van der Waals surface area contributed by atoms with E-state index >= 15 is 0 Å². The lowest BCUT2D eigenvalue weighted by Crippen LogP contribution is -2.23. The number of pyridine rings is 1. The van der Waals surface area contributed by atoms with Gasteiger partial charge in [0, 0.05) is 25.8 Å². The van der Waals surface area contributed by atoms with Gasteiger partial charge in [-0.15, -0.1) is 0 Å². The highest BCUT2D eigenvalue weighted by Gasteiger charge is 2.05. The first kappa shape index (κ1) is 15.0. The van der Waals surface area contributed by atoms with Crippen LogP contribution in [0.2, 0.25) is 0 Å². The molecule has 0 spiro atoms. The van der Waals surface area contributed by atoms with Gasteiger partial charge >= 0.3 is 0 Å². The second-order valence-corrected chi connectivity index (χ2v) is 5.19. The van der Waals surface area contributed by atoms with Crippen LogP contribution in [-0.2, 0) is 6.54 Å². The van der Waals surface area contributed by atoms with Crippen molar-refractivity contribution in [1.29, 1.82) is 0 Å². The van der Waals surface area contributed by atoms with Crippen molar-refractivity contribution >= 4 is 5.82 Å². The average molecular weight is 249 g/mol. The number of aromatic nitrogens is 1. The van der Waals surface area contributed by atoms with Crippen LogP contribution in [0.1, 0.15) is 39.2 Å². The Balaban J connectivity index is 2.42. The van der Waals surface area contributed by atoms with Crippen molar-refractivity contribution in [2.45, 2.75) is 40.2 Å². The van der Waals surface area contributed by atoms with Crippen molar-refractivity contribution in [2.75, 3.05) is 25.5 Å². The van der Waals surface area contributed by atoms with Crippen LogP contribution < -0.4 is 5.32 Å². The van der Waals surface area contributed by atoms with Crippen molar-refractivity contribution < 1.29 is 0 Å². The van der Waals surface area contributed by atoms with Crippen LogP contribution in [-0.4, -0.2) is 30.0 Å². The maximum atomic E-state index is 4.43. The van der Waals surface area contributed by atoms with Crippen molar-refractivity contribution in [3.05, 3.63) is 23.9 Å². The van der Waals surface area contributed by atoms with E-state index in [2.05, 4.69) is 55.2 Å². The number of hydrogen-bond acceptors (Lipinski definition) is 3. The molecule has 0 aliphatic carbocycles. The molecule has 0 aromatic carbocycles. The minimum atomic E-state index is 0.758. The van der Waals surface area contributed by atoms with Crippen molar-refractivity contribution in [3.8, 4) is 0 Å². The smallest absolute Gasteiger partial charge is 0.125 e. The predicted octanol–water partition coefficient (Wildman–Crippen LogP) is 3.38. The lowest BCUT2D eigenvalue weighted by Gasteiger charge is -2.20. The molecule has 1 aromatic rings. The molecule has 0 fully saturated rings. The lowest BCUT2D eigenvalue weighted by molar-refractivity contribution is 0.275. The van der Waals surface area contributed by atoms with E-state index in [0.717, 1.165) is 37.8 Å². The quantitative estimate of drug-likeness (QED) is 0.765. The fourth-order valence-electron chi connectivity index (χ4n) is 1.91. The van der Waals surface area contributed by atoms with E-state index in [-0.39, 0.29) is 0 Å². The number of nitrogens with one attached hydrogen (secondary N) is 1. The SMILES string of the molecule is CCCNc1ccc(CN(C)CC(C)CC)cn1. The van der Waals surface area contributed by atoms with Crippen molar-refractivity contribution in [3.63, 3.8) is 0 Å². The Hall–Kier alpha value is -1.09. The van der Waals surface area contributed by atoms with Crippen molar-refractivity contribution in [2.24, 2.45) is 5.92 Å². The zero-order valence-electron chi connectivity index (χ0n) is 12.2. The van der Waals surface area contributed by atoms with Crippen LogP contribution in [0.4, 0.5) is 5.82 Å². The first-order valence-corrected chi connectivity index (χ1v) is 7.03. The summed E-state index contributed by atoms with van der Waals surface area (Å²) in [5, 5.41) is 3.29. The Morgan fingerprint density at radius 2 is 2.11 bits per heavy atom. The van der Waals surface area contributed by atoms with Crippen LogP contribution in [0.3, 0.4) is 0 Å². The molecule has 1 rings (SSSR count). The summed E-state index contributed by atoms with van der Waals surface area (Å²) in [4.78, 5) is 6.80. The van der Waals surface area contributed by atoms with E-state index in [1.807, 2.05) is 6.20 Å². The van der Waals surface area contributed by atoms with E-state index in [9.17, 15) is 0 Å². The highest BCUT2D eigenvalue weighted by atomic mass is 15.1. The first-order chi connectivity index (χ1) is 8.65. The van der Waals surface area contributed by atoms with Gasteiger partial charge in [0.15, 0.2) is 0 Å². The second kappa shape index (κ2) is 8.09. The summed E-state index contributed by atoms with van der Waals surface area (Å²) in [6, 6.07) is 4.24. The topological polar surface area (TPSA) is 28.2 Å². The minimum Gasteiger partial charge on any atom is -0.370 e. The summed E-state index contributed by atoms with van der Waals surface area (Å²) in [6.07, 6.45) is 4.34. The van der Waals surface area contributed by atoms with Gasteiger partial charge in [-0.1, -0.05) is 33.3 Å². The molecular weight excluding hydrogens is 222 g/mol. The molecule has 1 N–H and O–H groups in total. The van der Waals surface area contributed by atoms with Gasteiger partial charge in [-0.3, -0.25) is 0 Å². The molecule has 18 heavy (non-hydrogen) atoms. The van der Waals surface area contributed by atoms with Gasteiger partial charge in [-0.05, 0) is 31.0 Å². The Morgan fingerprint density at radius 1 is 1.33 bits per heavy atom. The van der Waals surface area contributed by atoms with E-state index in [0.29, 0.717) is 0 Å². The van der Waals surface area contributed by atoms with Gasteiger partial charge in [0.05, 0.1) is 0 Å². The standard InChI is InChI=1S/C15H27N3/c1-5-9-16-15-8-7-14(10-17-15)12-18(4)11-13(3)6-2/h7-8,10,13H,5-6,9,11-12H2,1-4H3,(H,16,17). The van der Waals surface area contributed by atoms with Crippen LogP contribution >= 0.6 is 0 Å². The summed E-state index contributed by atoms with van der Waals surface area (Å²) < 4.78 is 0. The molecule has 102 valence electrons. The molecule has 0 saturated heterocycles. The Bertz CT molecular complexity index is 321. The average Bonchev–Trinajstić information content (AvgIpc) is 2.37. The number of anilines is 1. The molecule has 3 nitrogen and oxygen atoms in total. The van der Waals surface area contributed by atoms with E-state index in [1.54, 1.807) is 0 Å². The zero-order valence-corrected chi connectivity index (χ0v) is 12.2. The van der Waals surface area contributed by atoms with Gasteiger partial charge in [-0.2, -0.15) is 0 Å². The fourth-order valence-corrected chi connectivity index (χ4v) is 1.91. The molecule has 0 saturated carbocycles. The molecule has 3 heteroatoms. The Labute approximate surface area is 112 Å². The van der Waals surface area contributed by atoms with Crippen LogP contribution in [0.25, 0.3) is 0 Å². The van der Waals surface area contributed by atoms with E-state index in [1.165, 1.54) is 12.0 Å². The fraction of sp³-hybridized carbons (Fsp3) is 0.667. The summed E-state index contributed by atoms with van der Waals surface area (Å²) in [7, 11) is 2.18. The summed E-state index contributed by atoms with van der Waals surface area (Å²) >= 11 is 0. The van der Waals surface area contributed by atoms with E-state index < -0.39 is 0 Å². The summed E-state index contributed by atoms with van der Waals surface area (Å²) in [5.41, 5.74) is 1.28. The number of nitrogens with zero attached hydrogens (tertiary/aromatic N) is 2. The van der Waals surface area contributed by atoms with E-state index in [4.69, 9.17) is 0 Å². The molecule has 0 radical (unpaired) electrons. The van der Waals surface area contributed by atoms with Gasteiger partial charge in [0.2, 0.25) is 0 Å². The third-order valence-electron chi connectivity index (χ3n) is 3.15. The third-order valence-corrected chi connectivity index (χ3v) is 3.15. The van der Waals surface area contributed by atoms with Crippen LogP contribution in [0.15, 0.2) is 18.3 Å². The van der Waals surface area contributed by atoms with Gasteiger partial charge < -0.3 is 10.2 Å². The summed E-state index contributed by atoms with van der Waals surface area (Å²) in [6.45, 7) is 9.81. The zero-order chi connectivity index (χ0) is 13.4. The van der Waals surface area contributed by atoms with Gasteiger partial charge in [0.1, 0.15) is 5.82 Å². The number of hydrogen-bond donors (Lipinski definition) is 1. The highest BCUT2D eigenvalue weighted by Crippen LogP contribution is 2.09. The molecule has 0 bridgehead atoms. The Morgan fingerprint density at radius 3 is 2.67 bits per heavy atom. The van der Waals surface area contributed by atoms with Gasteiger partial charge in [-0.25, -0.2) is 4.98 Å². The molecule has 1 heterocycles. The first-order valence-electron chi connectivity index (χ1n) is 7.03. The third kappa shape index (κ3) is 5.50. The molecule has 1 unspecified atom stereocenters. The lowest BCUT2D eigenvalue weighted by atomic mass is 10.1. The predicted molar refractivity (Wildman–Crippen MR) is 78.8 cm³/mol. The highest BCUT2D eigenvalue weighted by molar-refractivity contribution is 5.35. The maximum Gasteiger partial charge on any atom is 0.125 e. The molecule has 0 amide bonds. The molecule has 1 atom stereocenters. The molecule has 0 aliphatic rings. The van der Waals surface area contributed by atoms with Gasteiger partial charge in [0.25, 0.3) is 0 Å². The summed E-state index contributed by atoms with van der Waals surface area (Å²) in [5.74, 6) is 1.73. The largest absolute Gasteiger partial charge is 0.370 e. The monoisotopic (exact) mass is 249 g/mol. The maximum absolute atomic E-state index is 4.43. The molecule has 0 aliphatic heterocycles. The Kier molecular flexibility index (Phi) is 6.73. The molecule has 1 aromatic heterocycles. The number of rotatable bonds is 8. The second-order valence-electron chi connectivity index (χ2n) is 5.19. The molecular formula is C15H27N3. The van der Waals surface area contributed by atoms with Crippen LogP contribution in [0.5, 0.6) is 0 Å². The van der Waals surface area contributed by atoms with Crippen LogP contribution in [0, 0.1) is 5.92 Å². The van der Waals surface area contributed by atoms with Crippen molar-refractivity contribution in [1.82, 2.24) is 9.88 Å². The normalized spacial score (nSPS) is 12.7.